The highest BCUT2D eigenvalue weighted by atomic mass is 19.1. The molecule has 2 atom stereocenters. The molecule has 0 bridgehead atoms. The molecule has 0 saturated carbocycles. The molecule has 4 aromatic rings. The van der Waals surface area contributed by atoms with Crippen LogP contribution in [0.15, 0.2) is 60.8 Å². The number of aliphatic hydroxyl groups is 1. The number of aryl methyl sites for hydroxylation is 2. The van der Waals surface area contributed by atoms with Crippen molar-refractivity contribution in [3.63, 3.8) is 0 Å². The molecule has 1 aliphatic rings. The normalized spacial score (nSPS) is 16.2. The number of nitrogens with zero attached hydrogens (tertiary/aromatic N) is 3. The van der Waals surface area contributed by atoms with Crippen molar-refractivity contribution < 1.29 is 19.0 Å². The molecule has 8 nitrogen and oxygen atoms in total. The Morgan fingerprint density at radius 3 is 2.63 bits per heavy atom. The SMILES string of the molecule is COCCCn1c(C2CCCN(C(=O)C[C@H](N)Cc3ccc(-c4ccc(NC(C)(C)CO)nc4)cc3)C2)c(C)c2cccc(F)c21. The van der Waals surface area contributed by atoms with Gasteiger partial charge in [-0.3, -0.25) is 4.79 Å². The Morgan fingerprint density at radius 1 is 1.17 bits per heavy atom. The smallest absolute Gasteiger partial charge is 0.224 e. The van der Waals surface area contributed by atoms with E-state index in [2.05, 4.69) is 46.1 Å². The minimum absolute atomic E-state index is 0.00808. The number of rotatable bonds is 13. The molecule has 0 radical (unpaired) electrons. The zero-order valence-corrected chi connectivity index (χ0v) is 27.6. The number of anilines is 1. The molecule has 1 fully saturated rings. The predicted molar refractivity (Wildman–Crippen MR) is 182 cm³/mol. The van der Waals surface area contributed by atoms with Gasteiger partial charge >= 0.3 is 0 Å². The summed E-state index contributed by atoms with van der Waals surface area (Å²) >= 11 is 0. The molecule has 1 saturated heterocycles. The molecule has 4 N–H and O–H groups in total. The molecular formula is C37H48FN5O3. The fraction of sp³-hybridized carbons (Fsp3) is 0.459. The van der Waals surface area contributed by atoms with Gasteiger partial charge in [-0.1, -0.05) is 36.4 Å². The van der Waals surface area contributed by atoms with Gasteiger partial charge in [-0.25, -0.2) is 9.37 Å². The minimum Gasteiger partial charge on any atom is -0.394 e. The van der Waals surface area contributed by atoms with Gasteiger partial charge in [0, 0.05) is 74.6 Å². The lowest BCUT2D eigenvalue weighted by atomic mass is 9.91. The Hall–Kier alpha value is -3.79. The van der Waals surface area contributed by atoms with Crippen molar-refractivity contribution in [1.82, 2.24) is 14.5 Å². The van der Waals surface area contributed by atoms with Crippen molar-refractivity contribution in [3.8, 4) is 11.1 Å². The summed E-state index contributed by atoms with van der Waals surface area (Å²) in [6.45, 7) is 8.53. The van der Waals surface area contributed by atoms with Gasteiger partial charge in [0.1, 0.15) is 11.6 Å². The van der Waals surface area contributed by atoms with E-state index in [0.29, 0.717) is 44.0 Å². The predicted octanol–water partition coefficient (Wildman–Crippen LogP) is 6.04. The van der Waals surface area contributed by atoms with Crippen LogP contribution < -0.4 is 11.1 Å². The van der Waals surface area contributed by atoms with Crippen molar-refractivity contribution >= 4 is 22.6 Å². The quantitative estimate of drug-likeness (QED) is 0.156. The van der Waals surface area contributed by atoms with Crippen molar-refractivity contribution in [2.75, 3.05) is 38.7 Å². The van der Waals surface area contributed by atoms with Gasteiger partial charge < -0.3 is 30.4 Å². The maximum absolute atomic E-state index is 15.1. The van der Waals surface area contributed by atoms with E-state index >= 15 is 4.39 Å². The zero-order chi connectivity index (χ0) is 32.8. The van der Waals surface area contributed by atoms with Crippen LogP contribution in [-0.2, 0) is 22.5 Å². The molecule has 2 aromatic heterocycles. The number of methoxy groups -OCH3 is 1. The van der Waals surface area contributed by atoms with Crippen molar-refractivity contribution in [2.24, 2.45) is 5.73 Å². The van der Waals surface area contributed by atoms with Crippen LogP contribution in [0, 0.1) is 12.7 Å². The second kappa shape index (κ2) is 14.8. The highest BCUT2D eigenvalue weighted by Gasteiger charge is 2.30. The van der Waals surface area contributed by atoms with E-state index in [1.54, 1.807) is 13.2 Å². The number of nitrogens with two attached hydrogens (primary N) is 1. The van der Waals surface area contributed by atoms with E-state index in [1.165, 1.54) is 6.07 Å². The third-order valence-corrected chi connectivity index (χ3v) is 9.07. The number of hydrogen-bond donors (Lipinski definition) is 3. The van der Waals surface area contributed by atoms with Crippen LogP contribution in [-0.4, -0.2) is 70.5 Å². The lowest BCUT2D eigenvalue weighted by molar-refractivity contribution is -0.132. The zero-order valence-electron chi connectivity index (χ0n) is 27.6. The molecule has 1 unspecified atom stereocenters. The fourth-order valence-electron chi connectivity index (χ4n) is 6.69. The number of carbonyl (C=O) groups is 1. The maximum Gasteiger partial charge on any atom is 0.224 e. The van der Waals surface area contributed by atoms with E-state index in [0.717, 1.165) is 52.6 Å². The summed E-state index contributed by atoms with van der Waals surface area (Å²) in [5.41, 5.74) is 12.1. The highest BCUT2D eigenvalue weighted by Crippen LogP contribution is 2.37. The molecule has 246 valence electrons. The molecule has 1 aliphatic heterocycles. The van der Waals surface area contributed by atoms with Crippen LogP contribution >= 0.6 is 0 Å². The summed E-state index contributed by atoms with van der Waals surface area (Å²) < 4.78 is 22.5. The lowest BCUT2D eigenvalue weighted by Gasteiger charge is -2.34. The van der Waals surface area contributed by atoms with Crippen molar-refractivity contribution in [2.45, 2.75) is 76.9 Å². The maximum atomic E-state index is 15.1. The van der Waals surface area contributed by atoms with Gasteiger partial charge in [-0.2, -0.15) is 0 Å². The second-order valence-corrected chi connectivity index (χ2v) is 13.3. The van der Waals surface area contributed by atoms with Crippen LogP contribution in [0.3, 0.4) is 0 Å². The molecule has 3 heterocycles. The number of pyridine rings is 1. The van der Waals surface area contributed by atoms with Crippen LogP contribution in [0.2, 0.25) is 0 Å². The van der Waals surface area contributed by atoms with Gasteiger partial charge in [0.2, 0.25) is 5.91 Å². The summed E-state index contributed by atoms with van der Waals surface area (Å²) in [5.74, 6) is 0.709. The summed E-state index contributed by atoms with van der Waals surface area (Å²) in [4.78, 5) is 19.9. The number of aromatic nitrogens is 2. The first-order valence-corrected chi connectivity index (χ1v) is 16.3. The molecule has 0 aliphatic carbocycles. The van der Waals surface area contributed by atoms with E-state index in [4.69, 9.17) is 10.5 Å². The van der Waals surface area contributed by atoms with Crippen molar-refractivity contribution in [1.29, 1.82) is 0 Å². The number of halogens is 1. The standard InChI is InChI=1S/C37H48FN5O3/c1-25-31-9-5-10-32(38)36(31)43(18-7-19-46-4)35(25)29-8-6-17-42(23-29)34(45)21-30(39)20-26-11-13-27(14-12-26)28-15-16-33(40-22-28)41-37(2,3)24-44/h5,9-16,22,29-30,44H,6-8,17-21,23-24,39H2,1-4H3,(H,40,41)/t29?,30-/m1/s1. The number of para-hydroxylation sites is 1. The number of aliphatic hydroxyl groups excluding tert-OH is 1. The molecular weight excluding hydrogens is 581 g/mol. The first-order chi connectivity index (χ1) is 22.1. The van der Waals surface area contributed by atoms with E-state index < -0.39 is 5.54 Å². The number of amides is 1. The number of benzene rings is 2. The van der Waals surface area contributed by atoms with Gasteiger partial charge in [-0.15, -0.1) is 0 Å². The first-order valence-electron chi connectivity index (χ1n) is 16.3. The Bertz CT molecular complexity index is 1620. The number of piperidine rings is 1. The number of hydrogen-bond acceptors (Lipinski definition) is 6. The summed E-state index contributed by atoms with van der Waals surface area (Å²) in [6, 6.07) is 17.1. The summed E-state index contributed by atoms with van der Waals surface area (Å²) in [7, 11) is 1.68. The molecule has 1 amide bonds. The van der Waals surface area contributed by atoms with Crippen LogP contribution in [0.5, 0.6) is 0 Å². The number of ether oxygens (including phenoxy) is 1. The monoisotopic (exact) mass is 629 g/mol. The molecule has 5 rings (SSSR count). The third-order valence-electron chi connectivity index (χ3n) is 9.07. The van der Waals surface area contributed by atoms with Crippen LogP contribution in [0.1, 0.15) is 62.3 Å². The topological polar surface area (TPSA) is 106 Å². The average molecular weight is 630 g/mol. The van der Waals surface area contributed by atoms with E-state index in [1.807, 2.05) is 43.1 Å². The number of fused-ring (bicyclic) bond motifs is 1. The Morgan fingerprint density at radius 2 is 1.93 bits per heavy atom. The van der Waals surface area contributed by atoms with E-state index in [9.17, 15) is 9.90 Å². The summed E-state index contributed by atoms with van der Waals surface area (Å²) in [6.07, 6.45) is 5.35. The van der Waals surface area contributed by atoms with Gasteiger partial charge in [0.15, 0.2) is 0 Å². The third kappa shape index (κ3) is 7.77. The first kappa shape index (κ1) is 33.6. The van der Waals surface area contributed by atoms with Crippen molar-refractivity contribution in [3.05, 3.63) is 83.4 Å². The molecule has 9 heteroatoms. The molecule has 0 spiro atoms. The summed E-state index contributed by atoms with van der Waals surface area (Å²) in [5, 5.41) is 13.7. The number of likely N-dealkylation sites (tertiary alicyclic amines) is 1. The van der Waals surface area contributed by atoms with Gasteiger partial charge in [-0.05, 0) is 81.3 Å². The average Bonchev–Trinajstić information content (AvgIpc) is 3.34. The molecule has 2 aromatic carbocycles. The molecule has 46 heavy (non-hydrogen) atoms. The van der Waals surface area contributed by atoms with Crippen LogP contribution in [0.4, 0.5) is 10.2 Å². The van der Waals surface area contributed by atoms with Crippen LogP contribution in [0.25, 0.3) is 22.0 Å². The Balaban J connectivity index is 1.21. The van der Waals surface area contributed by atoms with Gasteiger partial charge in [0.05, 0.1) is 17.7 Å². The van der Waals surface area contributed by atoms with E-state index in [-0.39, 0.29) is 36.7 Å². The lowest BCUT2D eigenvalue weighted by Crippen LogP contribution is -2.42. The minimum atomic E-state index is -0.447. The second-order valence-electron chi connectivity index (χ2n) is 13.3. The Kier molecular flexibility index (Phi) is 10.8. The largest absolute Gasteiger partial charge is 0.394 e. The Labute approximate surface area is 271 Å². The highest BCUT2D eigenvalue weighted by molar-refractivity contribution is 5.86. The van der Waals surface area contributed by atoms with Gasteiger partial charge in [0.25, 0.3) is 0 Å². The number of nitrogens with one attached hydrogen (secondary N) is 1. The number of carbonyl (C=O) groups excluding carboxylic acids is 1. The fourth-order valence-corrected chi connectivity index (χ4v) is 6.69.